The van der Waals surface area contributed by atoms with Gasteiger partial charge in [0, 0.05) is 10.5 Å². The van der Waals surface area contributed by atoms with Crippen LogP contribution in [0.3, 0.4) is 0 Å². The second kappa shape index (κ2) is 9.52. The van der Waals surface area contributed by atoms with Gasteiger partial charge in [0.15, 0.2) is 6.10 Å². The van der Waals surface area contributed by atoms with Crippen molar-refractivity contribution in [2.75, 3.05) is 13.2 Å². The molecule has 0 aromatic carbocycles. The molecule has 0 saturated carbocycles. The Morgan fingerprint density at radius 3 is 2.06 bits per heavy atom. The fraction of sp³-hybridized carbons (Fsp3) is 0.818. The molecule has 0 aromatic rings. The highest BCUT2D eigenvalue weighted by Gasteiger charge is 2.17. The molecular weight excluding hydrogens is 276 g/mol. The molecule has 5 nitrogen and oxygen atoms in total. The molecule has 0 amide bonds. The van der Waals surface area contributed by atoms with Gasteiger partial charge in [-0.1, -0.05) is 13.8 Å². The predicted molar refractivity (Wildman–Crippen MR) is 74.1 cm³/mol. The standard InChI is InChI=1S/C11H20O5S2/c1-7(17)3-10(13)15-6-9(5-12)16-11(14)4-8(2)18/h7-9,12,17-18H,3-6H2,1-2H3. The molecule has 3 unspecified atom stereocenters. The molecule has 0 aliphatic heterocycles. The summed E-state index contributed by atoms with van der Waals surface area (Å²) in [5, 5.41) is 8.78. The summed E-state index contributed by atoms with van der Waals surface area (Å²) in [5.74, 6) is -0.912. The van der Waals surface area contributed by atoms with Crippen molar-refractivity contribution in [2.24, 2.45) is 0 Å². The van der Waals surface area contributed by atoms with Crippen molar-refractivity contribution in [1.29, 1.82) is 0 Å². The van der Waals surface area contributed by atoms with Crippen LogP contribution < -0.4 is 0 Å². The number of ether oxygens (including phenoxy) is 2. The van der Waals surface area contributed by atoms with Crippen LogP contribution >= 0.6 is 25.3 Å². The third-order valence-electron chi connectivity index (χ3n) is 1.86. The fourth-order valence-electron chi connectivity index (χ4n) is 1.09. The van der Waals surface area contributed by atoms with Crippen LogP contribution in [-0.4, -0.2) is 46.9 Å². The van der Waals surface area contributed by atoms with Gasteiger partial charge in [-0.05, 0) is 0 Å². The molecule has 1 N–H and O–H groups in total. The van der Waals surface area contributed by atoms with E-state index in [0.29, 0.717) is 0 Å². The molecule has 0 rings (SSSR count). The number of esters is 2. The zero-order chi connectivity index (χ0) is 14.1. The van der Waals surface area contributed by atoms with E-state index in [0.717, 1.165) is 0 Å². The normalized spacial score (nSPS) is 15.6. The van der Waals surface area contributed by atoms with Gasteiger partial charge in [0.1, 0.15) is 6.61 Å². The van der Waals surface area contributed by atoms with Gasteiger partial charge in [0.05, 0.1) is 19.4 Å². The first kappa shape index (κ1) is 17.6. The van der Waals surface area contributed by atoms with Gasteiger partial charge in [-0.15, -0.1) is 0 Å². The van der Waals surface area contributed by atoms with E-state index in [1.165, 1.54) is 0 Å². The summed E-state index contributed by atoms with van der Waals surface area (Å²) in [6.07, 6.45) is -0.520. The number of thiol groups is 2. The van der Waals surface area contributed by atoms with Crippen LogP contribution in [0.1, 0.15) is 26.7 Å². The number of carbonyl (C=O) groups is 2. The van der Waals surface area contributed by atoms with Crippen LogP contribution in [-0.2, 0) is 19.1 Å². The van der Waals surface area contributed by atoms with Crippen molar-refractivity contribution in [3.8, 4) is 0 Å². The molecule has 18 heavy (non-hydrogen) atoms. The highest BCUT2D eigenvalue weighted by Crippen LogP contribution is 2.05. The first-order chi connectivity index (χ1) is 8.35. The maximum atomic E-state index is 11.3. The Morgan fingerprint density at radius 2 is 1.61 bits per heavy atom. The van der Waals surface area contributed by atoms with Gasteiger partial charge < -0.3 is 14.6 Å². The van der Waals surface area contributed by atoms with Crippen LogP contribution in [0.2, 0.25) is 0 Å². The van der Waals surface area contributed by atoms with Crippen LogP contribution in [0.5, 0.6) is 0 Å². The van der Waals surface area contributed by atoms with Crippen LogP contribution in [0.4, 0.5) is 0 Å². The van der Waals surface area contributed by atoms with E-state index in [2.05, 4.69) is 25.3 Å². The van der Waals surface area contributed by atoms with Crippen molar-refractivity contribution >= 4 is 37.2 Å². The number of hydrogen-bond acceptors (Lipinski definition) is 7. The van der Waals surface area contributed by atoms with E-state index >= 15 is 0 Å². The molecule has 7 heteroatoms. The van der Waals surface area contributed by atoms with Crippen LogP contribution in [0, 0.1) is 0 Å². The quantitative estimate of drug-likeness (QED) is 0.457. The molecule has 3 atom stereocenters. The Labute approximate surface area is 118 Å². The number of rotatable bonds is 8. The second-order valence-corrected chi connectivity index (χ2v) is 5.85. The van der Waals surface area contributed by atoms with E-state index in [1.54, 1.807) is 13.8 Å². The topological polar surface area (TPSA) is 72.8 Å². The van der Waals surface area contributed by atoms with Gasteiger partial charge in [0.25, 0.3) is 0 Å². The molecule has 0 bridgehead atoms. The fourth-order valence-corrected chi connectivity index (χ4v) is 1.38. The Bertz CT molecular complexity index is 268. The molecule has 0 saturated heterocycles. The van der Waals surface area contributed by atoms with Crippen molar-refractivity contribution in [2.45, 2.75) is 43.3 Å². The lowest BCUT2D eigenvalue weighted by Crippen LogP contribution is -2.29. The molecule has 106 valence electrons. The summed E-state index contributed by atoms with van der Waals surface area (Å²) < 4.78 is 9.80. The Kier molecular flexibility index (Phi) is 9.31. The van der Waals surface area contributed by atoms with Crippen molar-refractivity contribution in [3.05, 3.63) is 0 Å². The molecule has 0 radical (unpaired) electrons. The molecule has 0 heterocycles. The molecule has 0 spiro atoms. The molecular formula is C11H20O5S2. The van der Waals surface area contributed by atoms with Crippen molar-refractivity contribution in [3.63, 3.8) is 0 Å². The van der Waals surface area contributed by atoms with Crippen molar-refractivity contribution in [1.82, 2.24) is 0 Å². The highest BCUT2D eigenvalue weighted by atomic mass is 32.1. The SMILES string of the molecule is CC(S)CC(=O)OCC(CO)OC(=O)CC(C)S. The number of hydrogen-bond donors (Lipinski definition) is 3. The monoisotopic (exact) mass is 296 g/mol. The van der Waals surface area contributed by atoms with E-state index in [4.69, 9.17) is 14.6 Å². The first-order valence-corrected chi connectivity index (χ1v) is 6.70. The largest absolute Gasteiger partial charge is 0.462 e. The minimum Gasteiger partial charge on any atom is -0.462 e. The summed E-state index contributed by atoms with van der Waals surface area (Å²) in [7, 11) is 0. The smallest absolute Gasteiger partial charge is 0.307 e. The minimum absolute atomic E-state index is 0.0994. The lowest BCUT2D eigenvalue weighted by Gasteiger charge is -2.16. The number of aliphatic hydroxyl groups is 1. The lowest BCUT2D eigenvalue weighted by molar-refractivity contribution is -0.161. The zero-order valence-electron chi connectivity index (χ0n) is 10.5. The third-order valence-corrected chi connectivity index (χ3v) is 2.22. The van der Waals surface area contributed by atoms with Crippen LogP contribution in [0.25, 0.3) is 0 Å². The summed E-state index contributed by atoms with van der Waals surface area (Å²) in [4.78, 5) is 22.5. The van der Waals surface area contributed by atoms with Crippen molar-refractivity contribution < 1.29 is 24.2 Å². The average molecular weight is 296 g/mol. The Morgan fingerprint density at radius 1 is 1.11 bits per heavy atom. The predicted octanol–water partition coefficient (Wildman–Crippen LogP) is 0.851. The summed E-state index contributed by atoms with van der Waals surface area (Å²) in [5.41, 5.74) is 0. The summed E-state index contributed by atoms with van der Waals surface area (Å²) in [6, 6.07) is 0. The molecule has 0 fully saturated rings. The maximum absolute atomic E-state index is 11.3. The zero-order valence-corrected chi connectivity index (χ0v) is 12.3. The van der Waals surface area contributed by atoms with E-state index < -0.39 is 24.6 Å². The average Bonchev–Trinajstić information content (AvgIpc) is 2.21. The minimum atomic E-state index is -0.830. The molecule has 0 aromatic heterocycles. The Balaban J connectivity index is 3.97. The van der Waals surface area contributed by atoms with Crippen LogP contribution in [0.15, 0.2) is 0 Å². The Hall–Kier alpha value is -0.400. The van der Waals surface area contributed by atoms with E-state index in [-0.39, 0.29) is 29.9 Å². The van der Waals surface area contributed by atoms with E-state index in [1.807, 2.05) is 0 Å². The van der Waals surface area contributed by atoms with Gasteiger partial charge >= 0.3 is 11.9 Å². The maximum Gasteiger partial charge on any atom is 0.307 e. The highest BCUT2D eigenvalue weighted by molar-refractivity contribution is 7.81. The summed E-state index contributed by atoms with van der Waals surface area (Å²) >= 11 is 8.11. The van der Waals surface area contributed by atoms with Gasteiger partial charge in [0.2, 0.25) is 0 Å². The van der Waals surface area contributed by atoms with Gasteiger partial charge in [-0.25, -0.2) is 0 Å². The van der Waals surface area contributed by atoms with Gasteiger partial charge in [-0.2, -0.15) is 25.3 Å². The number of carbonyl (C=O) groups excluding carboxylic acids is 2. The molecule has 0 aliphatic rings. The second-order valence-electron chi connectivity index (χ2n) is 4.08. The third kappa shape index (κ3) is 9.61. The number of aliphatic hydroxyl groups excluding tert-OH is 1. The molecule has 0 aliphatic carbocycles. The van der Waals surface area contributed by atoms with Gasteiger partial charge in [-0.3, -0.25) is 9.59 Å². The lowest BCUT2D eigenvalue weighted by atomic mass is 10.3. The van der Waals surface area contributed by atoms with E-state index in [9.17, 15) is 9.59 Å². The summed E-state index contributed by atoms with van der Waals surface area (Å²) in [6.45, 7) is 2.98. The first-order valence-electron chi connectivity index (χ1n) is 5.67.